The van der Waals surface area contributed by atoms with Crippen LogP contribution in [-0.4, -0.2) is 34.0 Å². The molecule has 1 unspecified atom stereocenters. The number of benzene rings is 2. The molecule has 2 amide bonds. The van der Waals surface area contributed by atoms with Gasteiger partial charge in [0.15, 0.2) is 5.78 Å². The number of aromatic nitrogens is 2. The topological polar surface area (TPSA) is 116 Å². The van der Waals surface area contributed by atoms with Crippen molar-refractivity contribution in [3.63, 3.8) is 0 Å². The maximum atomic E-state index is 13.1. The maximum Gasteiger partial charge on any atom is 0.265 e. The zero-order valence-electron chi connectivity index (χ0n) is 17.1. The highest BCUT2D eigenvalue weighted by Crippen LogP contribution is 2.33. The van der Waals surface area contributed by atoms with Crippen LogP contribution in [-0.2, 0) is 4.79 Å². The van der Waals surface area contributed by atoms with E-state index in [1.165, 1.54) is 17.6 Å². The van der Waals surface area contributed by atoms with Crippen molar-refractivity contribution >= 4 is 52.3 Å². The number of anilines is 2. The third kappa shape index (κ3) is 4.21. The van der Waals surface area contributed by atoms with Crippen LogP contribution in [0.5, 0.6) is 0 Å². The van der Waals surface area contributed by atoms with Crippen molar-refractivity contribution in [3.05, 3.63) is 93.8 Å². The number of amides is 2. The molecule has 3 N–H and O–H groups in total. The number of nitrogens with zero attached hydrogens (tertiary/aromatic N) is 2. The lowest BCUT2D eigenvalue weighted by Gasteiger charge is -2.08. The molecule has 162 valence electrons. The average molecular weight is 455 g/mol. The summed E-state index contributed by atoms with van der Waals surface area (Å²) in [6, 6.07) is 17.1. The summed E-state index contributed by atoms with van der Waals surface area (Å²) in [6.07, 6.45) is 3.11. The predicted molar refractivity (Wildman–Crippen MR) is 127 cm³/mol. The summed E-state index contributed by atoms with van der Waals surface area (Å²) in [5.74, 6) is -0.649. The lowest BCUT2D eigenvalue weighted by Crippen LogP contribution is -2.13. The molecule has 2 aromatic heterocycles. The third-order valence-corrected chi connectivity index (χ3v) is 6.06. The SMILES string of the molecule is O=C(c1ccc(NC(=O)c2cccs2)cc1)c1ccc2c(c1)C(C=Nc1ccn[nH]1)C(=O)N2. The Morgan fingerprint density at radius 2 is 1.88 bits per heavy atom. The number of hydrogen-bond acceptors (Lipinski definition) is 6. The van der Waals surface area contributed by atoms with Gasteiger partial charge in [0, 0.05) is 34.8 Å². The lowest BCUT2D eigenvalue weighted by atomic mass is 9.96. The van der Waals surface area contributed by atoms with Gasteiger partial charge in [-0.25, -0.2) is 4.99 Å². The Kier molecular flexibility index (Phi) is 5.37. The molecule has 9 heteroatoms. The van der Waals surface area contributed by atoms with Crippen molar-refractivity contribution in [2.75, 3.05) is 10.6 Å². The number of H-pyrrole nitrogens is 1. The molecule has 8 nitrogen and oxygen atoms in total. The maximum absolute atomic E-state index is 13.1. The number of thiophene rings is 1. The van der Waals surface area contributed by atoms with Crippen molar-refractivity contribution in [2.45, 2.75) is 5.92 Å². The van der Waals surface area contributed by atoms with E-state index < -0.39 is 5.92 Å². The molecule has 0 aliphatic carbocycles. The van der Waals surface area contributed by atoms with E-state index in [0.717, 1.165) is 0 Å². The first-order chi connectivity index (χ1) is 16.1. The quantitative estimate of drug-likeness (QED) is 0.295. The molecule has 1 atom stereocenters. The highest BCUT2D eigenvalue weighted by Gasteiger charge is 2.30. The van der Waals surface area contributed by atoms with E-state index in [1.807, 2.05) is 11.4 Å². The molecule has 0 fully saturated rings. The van der Waals surface area contributed by atoms with Crippen LogP contribution in [0, 0.1) is 0 Å². The zero-order chi connectivity index (χ0) is 22.8. The largest absolute Gasteiger partial charge is 0.325 e. The number of ketones is 1. The molecular formula is C24H17N5O3S. The minimum absolute atomic E-state index is 0.183. The minimum atomic E-state index is -0.606. The summed E-state index contributed by atoms with van der Waals surface area (Å²) in [5.41, 5.74) is 2.88. The fourth-order valence-corrected chi connectivity index (χ4v) is 4.14. The van der Waals surface area contributed by atoms with Gasteiger partial charge in [0.05, 0.1) is 11.1 Å². The van der Waals surface area contributed by atoms with Crippen LogP contribution in [0.4, 0.5) is 17.2 Å². The standard InChI is InChI=1S/C24H17N5O3S/c30-22(14-3-6-16(7-4-14)27-24(32)20-2-1-11-33-20)15-5-8-19-17(12-15)18(23(31)28-19)13-25-21-9-10-26-29-21/h1-13,18H,(H,26,29)(H,27,32)(H,28,31). The molecule has 0 saturated heterocycles. The van der Waals surface area contributed by atoms with E-state index in [2.05, 4.69) is 25.8 Å². The van der Waals surface area contributed by atoms with Gasteiger partial charge in [-0.2, -0.15) is 5.10 Å². The molecule has 0 bridgehead atoms. The van der Waals surface area contributed by atoms with Gasteiger partial charge in [0.1, 0.15) is 11.7 Å². The van der Waals surface area contributed by atoms with Gasteiger partial charge in [0.2, 0.25) is 5.91 Å². The van der Waals surface area contributed by atoms with Crippen molar-refractivity contribution in [1.82, 2.24) is 10.2 Å². The third-order valence-electron chi connectivity index (χ3n) is 5.19. The Hall–Kier alpha value is -4.37. The monoisotopic (exact) mass is 455 g/mol. The predicted octanol–water partition coefficient (Wildman–Crippen LogP) is 4.39. The zero-order valence-corrected chi connectivity index (χ0v) is 17.9. The van der Waals surface area contributed by atoms with Crippen LogP contribution < -0.4 is 10.6 Å². The van der Waals surface area contributed by atoms with Crippen LogP contribution in [0.1, 0.15) is 37.1 Å². The first-order valence-electron chi connectivity index (χ1n) is 10.1. The second kappa shape index (κ2) is 8.64. The highest BCUT2D eigenvalue weighted by atomic mass is 32.1. The number of fused-ring (bicyclic) bond motifs is 1. The summed E-state index contributed by atoms with van der Waals surface area (Å²) < 4.78 is 0. The second-order valence-electron chi connectivity index (χ2n) is 7.33. The van der Waals surface area contributed by atoms with Gasteiger partial charge in [0.25, 0.3) is 5.91 Å². The highest BCUT2D eigenvalue weighted by molar-refractivity contribution is 7.12. The van der Waals surface area contributed by atoms with E-state index in [9.17, 15) is 14.4 Å². The van der Waals surface area contributed by atoms with Crippen molar-refractivity contribution in [1.29, 1.82) is 0 Å². The fourth-order valence-electron chi connectivity index (χ4n) is 3.52. The molecule has 2 aromatic carbocycles. The molecular weight excluding hydrogens is 438 g/mol. The number of nitrogens with one attached hydrogen (secondary N) is 3. The van der Waals surface area contributed by atoms with Crippen LogP contribution >= 0.6 is 11.3 Å². The number of aromatic amines is 1. The van der Waals surface area contributed by atoms with E-state index in [0.29, 0.717) is 38.8 Å². The van der Waals surface area contributed by atoms with Crippen LogP contribution in [0.15, 0.2) is 77.2 Å². The molecule has 5 rings (SSSR count). The Bertz CT molecular complexity index is 1360. The average Bonchev–Trinajstić information content (AvgIpc) is 3.59. The fraction of sp³-hybridized carbons (Fsp3) is 0.0417. The molecule has 1 aliphatic heterocycles. The van der Waals surface area contributed by atoms with Gasteiger partial charge < -0.3 is 10.6 Å². The minimum Gasteiger partial charge on any atom is -0.325 e. The molecule has 0 spiro atoms. The summed E-state index contributed by atoms with van der Waals surface area (Å²) in [5, 5.41) is 14.0. The van der Waals surface area contributed by atoms with Gasteiger partial charge in [-0.05, 0) is 59.5 Å². The molecule has 4 aromatic rings. The number of carbonyl (C=O) groups is 3. The van der Waals surface area contributed by atoms with Gasteiger partial charge >= 0.3 is 0 Å². The van der Waals surface area contributed by atoms with Crippen molar-refractivity contribution < 1.29 is 14.4 Å². The van der Waals surface area contributed by atoms with Crippen LogP contribution in [0.3, 0.4) is 0 Å². The van der Waals surface area contributed by atoms with E-state index in [1.54, 1.807) is 60.8 Å². The molecule has 1 aliphatic rings. The number of carbonyl (C=O) groups excluding carboxylic acids is 3. The summed E-state index contributed by atoms with van der Waals surface area (Å²) in [4.78, 5) is 42.5. The van der Waals surface area contributed by atoms with Gasteiger partial charge in [-0.1, -0.05) is 6.07 Å². The molecule has 33 heavy (non-hydrogen) atoms. The molecule has 0 saturated carbocycles. The van der Waals surface area contributed by atoms with E-state index >= 15 is 0 Å². The van der Waals surface area contributed by atoms with Crippen molar-refractivity contribution in [3.8, 4) is 0 Å². The second-order valence-corrected chi connectivity index (χ2v) is 8.27. The summed E-state index contributed by atoms with van der Waals surface area (Å²) >= 11 is 1.36. The smallest absolute Gasteiger partial charge is 0.265 e. The van der Waals surface area contributed by atoms with Gasteiger partial charge in [-0.15, -0.1) is 11.3 Å². The first kappa shape index (κ1) is 20.5. The summed E-state index contributed by atoms with van der Waals surface area (Å²) in [7, 11) is 0. The first-order valence-corrected chi connectivity index (χ1v) is 10.9. The van der Waals surface area contributed by atoms with Crippen molar-refractivity contribution in [2.24, 2.45) is 4.99 Å². The molecule has 3 heterocycles. The van der Waals surface area contributed by atoms with Crippen LogP contribution in [0.2, 0.25) is 0 Å². The number of rotatable bonds is 6. The number of hydrogen-bond donors (Lipinski definition) is 3. The van der Waals surface area contributed by atoms with Crippen LogP contribution in [0.25, 0.3) is 0 Å². The van der Waals surface area contributed by atoms with Gasteiger partial charge in [-0.3, -0.25) is 19.5 Å². The molecule has 0 radical (unpaired) electrons. The Labute approximate surface area is 192 Å². The van der Waals surface area contributed by atoms with E-state index in [4.69, 9.17) is 0 Å². The van der Waals surface area contributed by atoms with E-state index in [-0.39, 0.29) is 17.6 Å². The Morgan fingerprint density at radius 1 is 1.06 bits per heavy atom. The summed E-state index contributed by atoms with van der Waals surface area (Å²) in [6.45, 7) is 0. The Balaban J connectivity index is 1.34. The normalized spacial score (nSPS) is 14.8. The lowest BCUT2D eigenvalue weighted by molar-refractivity contribution is -0.115. The Morgan fingerprint density at radius 3 is 2.61 bits per heavy atom. The number of aliphatic imine (C=N–C) groups is 1.